The van der Waals surface area contributed by atoms with E-state index in [9.17, 15) is 8.78 Å². The lowest BCUT2D eigenvalue weighted by atomic mass is 9.76. The summed E-state index contributed by atoms with van der Waals surface area (Å²) in [7, 11) is 0. The third-order valence-electron chi connectivity index (χ3n) is 8.64. The van der Waals surface area contributed by atoms with Gasteiger partial charge in [-0.2, -0.15) is 0 Å². The number of aryl methyl sites for hydroxylation is 1. The van der Waals surface area contributed by atoms with E-state index in [0.717, 1.165) is 44.9 Å². The van der Waals surface area contributed by atoms with Crippen LogP contribution in [-0.4, -0.2) is 0 Å². The van der Waals surface area contributed by atoms with Crippen molar-refractivity contribution in [1.82, 2.24) is 0 Å². The summed E-state index contributed by atoms with van der Waals surface area (Å²) in [6.45, 7) is 5.90. The Kier molecular flexibility index (Phi) is 11.0. The molecule has 0 radical (unpaired) electrons. The molecule has 0 aliphatic heterocycles. The average molecular weight is 551 g/mol. The van der Waals surface area contributed by atoms with Crippen LogP contribution in [0.3, 0.4) is 0 Å². The number of benzene rings is 3. The summed E-state index contributed by atoms with van der Waals surface area (Å²) in [5, 5.41) is 0. The first-order chi connectivity index (χ1) is 19.4. The second-order valence-electron chi connectivity index (χ2n) is 11.4. The fraction of sp³-hybridized carbons (Fsp3) is 0.444. The Morgan fingerprint density at radius 2 is 1.30 bits per heavy atom. The SMILES string of the molecule is C=CCCCCc1ccc(-c2ccc(-c3ccc(C4CCC(CCCCCC)CC4)c(F)c3F)cc2)c(F)c1F. The van der Waals surface area contributed by atoms with E-state index in [4.69, 9.17) is 0 Å². The summed E-state index contributed by atoms with van der Waals surface area (Å²) < 4.78 is 60.1. The molecule has 1 aliphatic carbocycles. The normalized spacial score (nSPS) is 17.2. The van der Waals surface area contributed by atoms with E-state index >= 15 is 8.78 Å². The van der Waals surface area contributed by atoms with Gasteiger partial charge in [0, 0.05) is 11.1 Å². The van der Waals surface area contributed by atoms with Gasteiger partial charge in [-0.15, -0.1) is 6.58 Å². The Hall–Kier alpha value is -2.88. The molecule has 0 amide bonds. The number of unbranched alkanes of at least 4 members (excludes halogenated alkanes) is 5. The molecule has 1 aliphatic rings. The molecule has 1 fully saturated rings. The second kappa shape index (κ2) is 14.7. The fourth-order valence-electron chi connectivity index (χ4n) is 6.16. The van der Waals surface area contributed by atoms with Crippen LogP contribution in [0.25, 0.3) is 22.3 Å². The van der Waals surface area contributed by atoms with Crippen molar-refractivity contribution in [1.29, 1.82) is 0 Å². The molecule has 40 heavy (non-hydrogen) atoms. The summed E-state index contributed by atoms with van der Waals surface area (Å²) in [4.78, 5) is 0. The zero-order valence-electron chi connectivity index (χ0n) is 23.8. The summed E-state index contributed by atoms with van der Waals surface area (Å²) in [6.07, 6.45) is 15.1. The van der Waals surface area contributed by atoms with E-state index in [1.54, 1.807) is 48.5 Å². The van der Waals surface area contributed by atoms with Crippen LogP contribution in [0.4, 0.5) is 17.6 Å². The van der Waals surface area contributed by atoms with Crippen LogP contribution >= 0.6 is 0 Å². The molecule has 0 nitrogen and oxygen atoms in total. The van der Waals surface area contributed by atoms with E-state index in [-0.39, 0.29) is 17.0 Å². The summed E-state index contributed by atoms with van der Waals surface area (Å²) in [6, 6.07) is 13.1. The van der Waals surface area contributed by atoms with Crippen molar-refractivity contribution in [3.05, 3.63) is 95.6 Å². The minimum absolute atomic E-state index is 0.0562. The van der Waals surface area contributed by atoms with Crippen molar-refractivity contribution in [3.63, 3.8) is 0 Å². The Morgan fingerprint density at radius 1 is 0.675 bits per heavy atom. The predicted molar refractivity (Wildman–Crippen MR) is 158 cm³/mol. The largest absolute Gasteiger partial charge is 0.203 e. The van der Waals surface area contributed by atoms with Gasteiger partial charge in [0.25, 0.3) is 0 Å². The molecule has 4 heteroatoms. The van der Waals surface area contributed by atoms with Gasteiger partial charge in [0.05, 0.1) is 0 Å². The van der Waals surface area contributed by atoms with Crippen LogP contribution in [0.15, 0.2) is 61.2 Å². The van der Waals surface area contributed by atoms with E-state index in [1.165, 1.54) is 32.1 Å². The molecule has 0 unspecified atom stereocenters. The first-order valence-electron chi connectivity index (χ1n) is 15.1. The number of hydrogen-bond donors (Lipinski definition) is 0. The average Bonchev–Trinajstić information content (AvgIpc) is 2.98. The van der Waals surface area contributed by atoms with Crippen molar-refractivity contribution >= 4 is 0 Å². The Balaban J connectivity index is 1.43. The van der Waals surface area contributed by atoms with Gasteiger partial charge < -0.3 is 0 Å². The Labute approximate surface area is 237 Å². The standard InChI is InChI=1S/C36H42F4/c1-3-5-7-9-11-25-13-15-26(16-14-25)31-23-24-32(36(40)35(31)39)28-19-17-27(18-20-28)30-22-21-29(33(37)34(30)38)12-10-8-6-4-2/h4,17-26H,2-3,5-16H2,1H3. The molecule has 0 spiro atoms. The number of rotatable bonds is 13. The van der Waals surface area contributed by atoms with E-state index in [2.05, 4.69) is 13.5 Å². The Bertz CT molecular complexity index is 1250. The van der Waals surface area contributed by atoms with Crippen molar-refractivity contribution in [2.45, 2.75) is 96.3 Å². The van der Waals surface area contributed by atoms with Crippen LogP contribution < -0.4 is 0 Å². The van der Waals surface area contributed by atoms with Crippen LogP contribution in [0.1, 0.15) is 101 Å². The molecule has 0 saturated heterocycles. The maximum absolute atomic E-state index is 15.3. The quantitative estimate of drug-likeness (QED) is 0.113. The summed E-state index contributed by atoms with van der Waals surface area (Å²) >= 11 is 0. The lowest BCUT2D eigenvalue weighted by molar-refractivity contribution is 0.297. The lowest BCUT2D eigenvalue weighted by Gasteiger charge is -2.29. The fourth-order valence-corrected chi connectivity index (χ4v) is 6.16. The number of allylic oxidation sites excluding steroid dienone is 1. The van der Waals surface area contributed by atoms with Crippen molar-refractivity contribution in [2.24, 2.45) is 5.92 Å². The van der Waals surface area contributed by atoms with Gasteiger partial charge in [0.2, 0.25) is 0 Å². The van der Waals surface area contributed by atoms with Crippen molar-refractivity contribution in [3.8, 4) is 22.3 Å². The van der Waals surface area contributed by atoms with Gasteiger partial charge in [-0.1, -0.05) is 93.6 Å². The van der Waals surface area contributed by atoms with Gasteiger partial charge in [0.1, 0.15) is 0 Å². The van der Waals surface area contributed by atoms with Crippen molar-refractivity contribution in [2.75, 3.05) is 0 Å². The maximum atomic E-state index is 15.3. The van der Waals surface area contributed by atoms with Gasteiger partial charge in [0.15, 0.2) is 23.3 Å². The Morgan fingerprint density at radius 3 is 1.93 bits per heavy atom. The van der Waals surface area contributed by atoms with Crippen molar-refractivity contribution < 1.29 is 17.6 Å². The molecule has 3 aromatic rings. The topological polar surface area (TPSA) is 0 Å². The lowest BCUT2D eigenvalue weighted by Crippen LogP contribution is -2.15. The predicted octanol–water partition coefficient (Wildman–Crippen LogP) is 11.7. The summed E-state index contributed by atoms with van der Waals surface area (Å²) in [5.41, 5.74) is 2.16. The van der Waals surface area contributed by atoms with Crippen LogP contribution in [-0.2, 0) is 6.42 Å². The molecule has 0 bridgehead atoms. The molecule has 3 aromatic carbocycles. The highest BCUT2D eigenvalue weighted by Crippen LogP contribution is 2.40. The van der Waals surface area contributed by atoms with Crippen LogP contribution in [0.2, 0.25) is 0 Å². The summed E-state index contributed by atoms with van der Waals surface area (Å²) in [5.74, 6) is -2.55. The highest BCUT2D eigenvalue weighted by atomic mass is 19.2. The molecule has 1 saturated carbocycles. The van der Waals surface area contributed by atoms with Crippen LogP contribution in [0.5, 0.6) is 0 Å². The molecule has 214 valence electrons. The monoisotopic (exact) mass is 550 g/mol. The van der Waals surface area contributed by atoms with Gasteiger partial charge in [-0.3, -0.25) is 0 Å². The molecule has 0 atom stereocenters. The minimum atomic E-state index is -0.883. The number of halogens is 4. The van der Waals surface area contributed by atoms with Gasteiger partial charge >= 0.3 is 0 Å². The second-order valence-corrected chi connectivity index (χ2v) is 11.4. The van der Waals surface area contributed by atoms with Gasteiger partial charge in [-0.05, 0) is 85.5 Å². The third kappa shape index (κ3) is 7.25. The zero-order chi connectivity index (χ0) is 28.5. The van der Waals surface area contributed by atoms with E-state index < -0.39 is 23.3 Å². The highest BCUT2D eigenvalue weighted by molar-refractivity contribution is 5.71. The first-order valence-corrected chi connectivity index (χ1v) is 15.1. The minimum Gasteiger partial charge on any atom is -0.203 e. The van der Waals surface area contributed by atoms with Crippen LogP contribution in [0, 0.1) is 29.2 Å². The zero-order valence-corrected chi connectivity index (χ0v) is 23.8. The van der Waals surface area contributed by atoms with Gasteiger partial charge in [-0.25, -0.2) is 17.6 Å². The van der Waals surface area contributed by atoms with E-state index in [1.807, 2.05) is 6.08 Å². The highest BCUT2D eigenvalue weighted by Gasteiger charge is 2.26. The maximum Gasteiger partial charge on any atom is 0.166 e. The molecular weight excluding hydrogens is 508 g/mol. The number of hydrogen-bond acceptors (Lipinski definition) is 0. The molecular formula is C36H42F4. The third-order valence-corrected chi connectivity index (χ3v) is 8.64. The molecule has 0 aromatic heterocycles. The smallest absolute Gasteiger partial charge is 0.166 e. The molecule has 0 N–H and O–H groups in total. The first kappa shape index (κ1) is 30.1. The molecule has 0 heterocycles. The molecule has 4 rings (SSSR count). The van der Waals surface area contributed by atoms with E-state index in [0.29, 0.717) is 34.6 Å².